The van der Waals surface area contributed by atoms with Crippen molar-refractivity contribution in [3.63, 3.8) is 0 Å². The number of thiophene rings is 8. The van der Waals surface area contributed by atoms with E-state index in [1.54, 1.807) is 188 Å². The molecule has 8 aromatic heterocycles. The molecule has 10 aromatic carbocycles. The van der Waals surface area contributed by atoms with E-state index in [4.69, 9.17) is 18.9 Å². The minimum Gasteiger partial charge on any atom is -0.493 e. The van der Waals surface area contributed by atoms with Crippen molar-refractivity contribution in [3.8, 4) is 203 Å². The first-order valence-electron chi connectivity index (χ1n) is 44.3. The van der Waals surface area contributed by atoms with Crippen LogP contribution in [0.15, 0.2) is 278 Å². The second-order valence-corrected chi connectivity index (χ2v) is 40.7. The summed E-state index contributed by atoms with van der Waals surface area (Å²) in [6, 6.07) is 77.5. The van der Waals surface area contributed by atoms with E-state index in [1.165, 1.54) is 97.1 Å². The molecule has 0 aliphatic rings. The molecular formula is C112H90F8O4S8. The fraction of sp³-hybridized carbons (Fsp3) is 0.179. The highest BCUT2D eigenvalue weighted by Gasteiger charge is 2.32. The normalized spacial score (nSPS) is 12.0. The van der Waals surface area contributed by atoms with E-state index in [2.05, 4.69) is 94.4 Å². The lowest BCUT2D eigenvalue weighted by molar-refractivity contribution is 0.234. The number of benzene rings is 10. The van der Waals surface area contributed by atoms with Crippen LogP contribution in [0.1, 0.15) is 92.9 Å². The monoisotopic (exact) mass is 1910 g/mol. The fourth-order valence-corrected chi connectivity index (χ4v) is 26.5. The molecule has 0 saturated carbocycles. The molecule has 666 valence electrons. The molecule has 0 aliphatic carbocycles. The molecule has 0 aliphatic heterocycles. The summed E-state index contributed by atoms with van der Waals surface area (Å²) < 4.78 is 149. The van der Waals surface area contributed by atoms with Gasteiger partial charge in [-0.05, 0) is 264 Å². The highest BCUT2D eigenvalue weighted by Crippen LogP contribution is 2.60. The SMILES string of the molecule is CCCCC(CC)COc1cc(-c2cc(-c3ccc(F)cc3)c(-c3sc(-c4cc(OCC)c(-c5cc(-c6ccc(F)cc6)c(-c6sc(-c7cc(-c8ccc(F)cc8)c(-c8sccc8-c8ccc(F)cc8)s7)cc6-c6ccc(F)cc6)s5)cc4OCC(CC)CCCC)cc3-c3ccc(F)cc3)s2)c(OCC)cc1-c1cc(-c2ccc(F)cc2)c(-c2sccc2-c2ccc(F)cc2)s1. The summed E-state index contributed by atoms with van der Waals surface area (Å²) >= 11 is 12.6. The Balaban J connectivity index is 0.815. The molecule has 0 radical (unpaired) electrons. The maximum absolute atomic E-state index is 15.6. The van der Waals surface area contributed by atoms with Gasteiger partial charge in [-0.2, -0.15) is 0 Å². The van der Waals surface area contributed by atoms with Crippen LogP contribution in [0.25, 0.3) is 180 Å². The first-order valence-corrected chi connectivity index (χ1v) is 51.0. The van der Waals surface area contributed by atoms with Gasteiger partial charge in [0.15, 0.2) is 0 Å². The average Bonchev–Trinajstić information content (AvgIpc) is 1.60. The molecule has 0 amide bonds. The standard InChI is InChI=1S/C112H90F8O4S8/c1-7-13-15-65(9-3)63-123-97-55-91(95(121-11-5)53-93(97)101-57-85(69-21-37-77(115)38-22-69)107(127-101)105-83(49-51-125-105)67-17-33-75(113)34-18-67)99-58-86(70-23-39-78(116)40-24-70)109(128-99)110-87(71-25-41-79(117)42-26-71)60-102(130-110)94-54-96(122-12-6)92(56-98(94)124-64-66(10-4)16-14-8-2)100-59-88(72-27-43-80(118)44-28-72)111(129-100)112-90(74-31-47-82(120)48-32-74)62-104(132-112)103-61-89(73-29-45-81(119)46-30-73)108(131-103)106-84(50-52-126-106)68-19-35-76(114)36-20-68/h17-62,65-66H,7-16,63-64H2,1-6H3. The van der Waals surface area contributed by atoms with Gasteiger partial charge in [0.25, 0.3) is 0 Å². The fourth-order valence-electron chi connectivity index (χ4n) is 16.8. The number of unbranched alkanes of at least 4 members (excludes halogenated alkanes) is 2. The van der Waals surface area contributed by atoms with E-state index < -0.39 is 23.3 Å². The first-order chi connectivity index (χ1) is 64.4. The predicted molar refractivity (Wildman–Crippen MR) is 541 cm³/mol. The number of hydrogen-bond donors (Lipinski definition) is 0. The maximum atomic E-state index is 15.6. The lowest BCUT2D eigenvalue weighted by atomic mass is 9.98. The van der Waals surface area contributed by atoms with Crippen molar-refractivity contribution in [2.45, 2.75) is 92.9 Å². The third-order valence-corrected chi connectivity index (χ3v) is 33.5. The van der Waals surface area contributed by atoms with Gasteiger partial charge in [0.05, 0.1) is 65.4 Å². The van der Waals surface area contributed by atoms with Crippen LogP contribution in [0.2, 0.25) is 0 Å². The molecule has 18 rings (SSSR count). The highest BCUT2D eigenvalue weighted by atomic mass is 32.1. The number of ether oxygens (including phenoxy) is 4. The summed E-state index contributed by atoms with van der Waals surface area (Å²) in [5.41, 5.74) is 16.3. The molecule has 132 heavy (non-hydrogen) atoms. The Hall–Kier alpha value is -11.6. The van der Waals surface area contributed by atoms with Gasteiger partial charge in [0.2, 0.25) is 0 Å². The van der Waals surface area contributed by atoms with Crippen molar-refractivity contribution in [2.75, 3.05) is 26.4 Å². The summed E-state index contributed by atoms with van der Waals surface area (Å²) in [4.78, 5) is 12.5. The van der Waals surface area contributed by atoms with Gasteiger partial charge < -0.3 is 18.9 Å². The van der Waals surface area contributed by atoms with Crippen LogP contribution in [0.4, 0.5) is 35.1 Å². The Kier molecular flexibility index (Phi) is 28.2. The van der Waals surface area contributed by atoms with Crippen molar-refractivity contribution >= 4 is 90.7 Å². The average molecular weight is 1910 g/mol. The lowest BCUT2D eigenvalue weighted by Gasteiger charge is -2.20. The Labute approximate surface area is 796 Å². The van der Waals surface area contributed by atoms with Gasteiger partial charge >= 0.3 is 0 Å². The predicted octanol–water partition coefficient (Wildman–Crippen LogP) is 37.6. The van der Waals surface area contributed by atoms with Gasteiger partial charge in [0, 0.05) is 96.0 Å². The molecular weight excluding hydrogens is 1820 g/mol. The second kappa shape index (κ2) is 40.9. The summed E-state index contributed by atoms with van der Waals surface area (Å²) in [6.07, 6.45) is 7.79. The van der Waals surface area contributed by atoms with E-state index in [0.29, 0.717) is 42.8 Å². The number of halogens is 8. The Bertz CT molecular complexity index is 7050. The molecule has 8 heterocycles. The molecule has 2 atom stereocenters. The molecule has 0 bridgehead atoms. The smallest absolute Gasteiger partial charge is 0.128 e. The van der Waals surface area contributed by atoms with Gasteiger partial charge in [0.1, 0.15) is 69.5 Å². The van der Waals surface area contributed by atoms with Crippen LogP contribution in [-0.2, 0) is 0 Å². The van der Waals surface area contributed by atoms with Crippen molar-refractivity contribution in [1.29, 1.82) is 0 Å². The highest BCUT2D eigenvalue weighted by molar-refractivity contribution is 7.30. The number of hydrogen-bond acceptors (Lipinski definition) is 12. The zero-order valence-corrected chi connectivity index (χ0v) is 79.7. The molecule has 4 nitrogen and oxygen atoms in total. The Morgan fingerprint density at radius 2 is 0.424 bits per heavy atom. The van der Waals surface area contributed by atoms with Crippen LogP contribution >= 0.6 is 90.7 Å². The van der Waals surface area contributed by atoms with Gasteiger partial charge in [-0.3, -0.25) is 0 Å². The minimum atomic E-state index is -0.401. The topological polar surface area (TPSA) is 36.9 Å². The molecule has 0 N–H and O–H groups in total. The third kappa shape index (κ3) is 19.6. The zero-order valence-electron chi connectivity index (χ0n) is 73.1. The van der Waals surface area contributed by atoms with Crippen molar-refractivity contribution in [3.05, 3.63) is 324 Å². The quantitative estimate of drug-likeness (QED) is 0.0371. The van der Waals surface area contributed by atoms with Crippen molar-refractivity contribution in [1.82, 2.24) is 0 Å². The van der Waals surface area contributed by atoms with E-state index in [1.807, 2.05) is 30.7 Å². The van der Waals surface area contributed by atoms with Crippen molar-refractivity contribution in [2.24, 2.45) is 11.8 Å². The largest absolute Gasteiger partial charge is 0.493 e. The minimum absolute atomic E-state index is 0.194. The first kappa shape index (κ1) is 91.0. The third-order valence-electron chi connectivity index (χ3n) is 23.9. The van der Waals surface area contributed by atoms with Gasteiger partial charge in [-0.1, -0.05) is 163 Å². The Morgan fingerprint density at radius 1 is 0.220 bits per heavy atom. The molecule has 0 saturated heterocycles. The van der Waals surface area contributed by atoms with Crippen LogP contribution in [0.5, 0.6) is 23.0 Å². The molecule has 0 fully saturated rings. The van der Waals surface area contributed by atoms with E-state index in [-0.39, 0.29) is 41.7 Å². The van der Waals surface area contributed by atoms with E-state index >= 15 is 17.6 Å². The summed E-state index contributed by atoms with van der Waals surface area (Å²) in [7, 11) is 0. The zero-order chi connectivity index (χ0) is 91.2. The second-order valence-electron chi connectivity index (χ2n) is 32.5. The lowest BCUT2D eigenvalue weighted by Crippen LogP contribution is -2.12. The maximum Gasteiger partial charge on any atom is 0.128 e. The van der Waals surface area contributed by atoms with E-state index in [9.17, 15) is 17.6 Å². The van der Waals surface area contributed by atoms with Gasteiger partial charge in [-0.15, -0.1) is 90.7 Å². The number of rotatable bonds is 35. The Morgan fingerprint density at radius 3 is 0.644 bits per heavy atom. The molecule has 0 spiro atoms. The van der Waals surface area contributed by atoms with Crippen LogP contribution in [0, 0.1) is 58.4 Å². The molecule has 18 aromatic rings. The summed E-state index contributed by atoms with van der Waals surface area (Å²) in [6.45, 7) is 14.1. The summed E-state index contributed by atoms with van der Waals surface area (Å²) in [5, 5.41) is 4.07. The van der Waals surface area contributed by atoms with Crippen molar-refractivity contribution < 1.29 is 54.1 Å². The van der Waals surface area contributed by atoms with Gasteiger partial charge in [-0.25, -0.2) is 35.1 Å². The molecule has 20 heteroatoms. The summed E-state index contributed by atoms with van der Waals surface area (Å²) in [5.74, 6) is -0.169. The van der Waals surface area contributed by atoms with Crippen LogP contribution < -0.4 is 18.9 Å². The van der Waals surface area contributed by atoms with Crippen LogP contribution in [-0.4, -0.2) is 26.4 Å². The van der Waals surface area contributed by atoms with Crippen LogP contribution in [0.3, 0.4) is 0 Å². The molecule has 2 unspecified atom stereocenters. The van der Waals surface area contributed by atoms with E-state index in [0.717, 1.165) is 231 Å².